The Hall–Kier alpha value is -1.99. The van der Waals surface area contributed by atoms with Gasteiger partial charge in [0, 0.05) is 12.7 Å². The summed E-state index contributed by atoms with van der Waals surface area (Å²) in [6.45, 7) is 10.6. The number of carbonyl (C=O) groups is 2. The van der Waals surface area contributed by atoms with Crippen molar-refractivity contribution in [3.63, 3.8) is 0 Å². The van der Waals surface area contributed by atoms with E-state index in [0.717, 1.165) is 0 Å². The summed E-state index contributed by atoms with van der Waals surface area (Å²) >= 11 is 0. The average Bonchev–Trinajstić information content (AvgIpc) is 2.32. The molecule has 0 saturated carbocycles. The highest BCUT2D eigenvalue weighted by atomic mass is 19.1. The van der Waals surface area contributed by atoms with E-state index in [-0.39, 0.29) is 5.82 Å². The number of imide groups is 1. The molecule has 0 aromatic heterocycles. The van der Waals surface area contributed by atoms with E-state index in [1.807, 2.05) is 0 Å². The van der Waals surface area contributed by atoms with Gasteiger partial charge < -0.3 is 20.1 Å². The maximum Gasteiger partial charge on any atom is 0.425 e. The summed E-state index contributed by atoms with van der Waals surface area (Å²) in [6.07, 6.45) is -1.92. The van der Waals surface area contributed by atoms with Gasteiger partial charge in [-0.2, -0.15) is 4.90 Å². The topological polar surface area (TPSA) is 79.9 Å². The molecule has 0 aliphatic carbocycles. The van der Waals surface area contributed by atoms with Crippen LogP contribution in [-0.4, -0.2) is 42.1 Å². The molecule has 0 atom stereocenters. The van der Waals surface area contributed by atoms with E-state index in [1.54, 1.807) is 55.5 Å². The van der Waals surface area contributed by atoms with Crippen LogP contribution < -0.4 is 10.6 Å². The number of halogens is 1. The molecular weight excluding hydrogens is 305 g/mol. The molecule has 0 fully saturated rings. The molecule has 0 aliphatic heterocycles. The summed E-state index contributed by atoms with van der Waals surface area (Å²) in [4.78, 5) is 25.4. The second-order valence-corrected chi connectivity index (χ2v) is 6.83. The van der Waals surface area contributed by atoms with Gasteiger partial charge >= 0.3 is 12.2 Å². The quantitative estimate of drug-likeness (QED) is 0.770. The molecule has 8 heteroatoms. The fourth-order valence-corrected chi connectivity index (χ4v) is 1.43. The van der Waals surface area contributed by atoms with Crippen LogP contribution in [0.5, 0.6) is 0 Å². The van der Waals surface area contributed by atoms with Crippen molar-refractivity contribution in [2.24, 2.45) is 0 Å². The third kappa shape index (κ3) is 7.71. The summed E-state index contributed by atoms with van der Waals surface area (Å²) in [6, 6.07) is 0. The van der Waals surface area contributed by atoms with Crippen LogP contribution in [0.1, 0.15) is 48.5 Å². The van der Waals surface area contributed by atoms with Crippen molar-refractivity contribution in [2.75, 3.05) is 13.8 Å². The zero-order chi connectivity index (χ0) is 18.4. The van der Waals surface area contributed by atoms with Crippen molar-refractivity contribution in [1.29, 1.82) is 0 Å². The predicted molar refractivity (Wildman–Crippen MR) is 85.2 cm³/mol. The highest BCUT2D eigenvalue weighted by molar-refractivity contribution is 5.90. The third-order valence-electron chi connectivity index (χ3n) is 2.34. The summed E-state index contributed by atoms with van der Waals surface area (Å²) < 4.78 is 23.2. The minimum Gasteiger partial charge on any atom is -0.443 e. The molecule has 2 amide bonds. The Balaban J connectivity index is 5.78. The van der Waals surface area contributed by atoms with Gasteiger partial charge in [0.1, 0.15) is 17.0 Å². The van der Waals surface area contributed by atoms with E-state index in [4.69, 9.17) is 9.47 Å². The zero-order valence-electron chi connectivity index (χ0n) is 15.2. The Labute approximate surface area is 137 Å². The molecule has 0 saturated heterocycles. The number of allylic oxidation sites excluding steroid dienone is 1. The van der Waals surface area contributed by atoms with Crippen molar-refractivity contribution < 1.29 is 23.5 Å². The normalized spacial score (nSPS) is 12.9. The lowest BCUT2D eigenvalue weighted by Gasteiger charge is -2.30. The first-order valence-electron chi connectivity index (χ1n) is 7.27. The number of ether oxygens (including phenoxy) is 2. The van der Waals surface area contributed by atoms with Crippen molar-refractivity contribution in [3.8, 4) is 0 Å². The molecule has 0 spiro atoms. The average molecular weight is 333 g/mol. The van der Waals surface area contributed by atoms with Gasteiger partial charge in [0.25, 0.3) is 0 Å². The fourth-order valence-electron chi connectivity index (χ4n) is 1.43. The largest absolute Gasteiger partial charge is 0.443 e. The number of alkyl halides is 1. The van der Waals surface area contributed by atoms with E-state index in [0.29, 0.717) is 10.6 Å². The zero-order valence-corrected chi connectivity index (χ0v) is 15.2. The molecule has 23 heavy (non-hydrogen) atoms. The number of hydrogen-bond donors (Lipinski definition) is 2. The third-order valence-corrected chi connectivity index (χ3v) is 2.34. The van der Waals surface area contributed by atoms with Crippen molar-refractivity contribution in [3.05, 3.63) is 11.5 Å². The highest BCUT2D eigenvalue weighted by Gasteiger charge is 2.35. The highest BCUT2D eigenvalue weighted by Crippen LogP contribution is 2.18. The first-order chi connectivity index (χ1) is 10.3. The van der Waals surface area contributed by atoms with Gasteiger partial charge in [-0.1, -0.05) is 0 Å². The monoisotopic (exact) mass is 333 g/mol. The molecule has 0 unspecified atom stereocenters. The van der Waals surface area contributed by atoms with E-state index in [1.165, 1.54) is 0 Å². The number of hydrogen-bond acceptors (Lipinski definition) is 6. The Morgan fingerprint density at radius 1 is 1.00 bits per heavy atom. The lowest BCUT2D eigenvalue weighted by Crippen LogP contribution is -2.47. The lowest BCUT2D eigenvalue weighted by atomic mass is 10.2. The van der Waals surface area contributed by atoms with Gasteiger partial charge in [0.15, 0.2) is 6.80 Å². The molecule has 134 valence electrons. The molecule has 0 rings (SSSR count). The number of amides is 2. The smallest absolute Gasteiger partial charge is 0.425 e. The first-order valence-corrected chi connectivity index (χ1v) is 7.27. The van der Waals surface area contributed by atoms with Crippen LogP contribution in [0.4, 0.5) is 14.0 Å². The van der Waals surface area contributed by atoms with Gasteiger partial charge in [-0.15, -0.1) is 0 Å². The Bertz CT molecular complexity index is 436. The van der Waals surface area contributed by atoms with Crippen molar-refractivity contribution >= 4 is 12.2 Å². The molecule has 2 N–H and O–H groups in total. The van der Waals surface area contributed by atoms with Gasteiger partial charge in [-0.25, -0.2) is 14.0 Å². The van der Waals surface area contributed by atoms with Gasteiger partial charge in [-0.3, -0.25) is 0 Å². The van der Waals surface area contributed by atoms with Crippen LogP contribution in [0.15, 0.2) is 11.5 Å². The van der Waals surface area contributed by atoms with Crippen molar-refractivity contribution in [1.82, 2.24) is 15.5 Å². The Kier molecular flexibility index (Phi) is 7.33. The minimum absolute atomic E-state index is 0.0708. The number of rotatable bonds is 4. The molecule has 0 aliphatic rings. The second kappa shape index (κ2) is 8.03. The molecule has 0 heterocycles. The Morgan fingerprint density at radius 3 is 1.65 bits per heavy atom. The Morgan fingerprint density at radius 2 is 1.39 bits per heavy atom. The van der Waals surface area contributed by atoms with Gasteiger partial charge in [-0.05, 0) is 48.5 Å². The lowest BCUT2D eigenvalue weighted by molar-refractivity contribution is 0.00637. The fraction of sp³-hybridized carbons (Fsp3) is 0.733. The van der Waals surface area contributed by atoms with Gasteiger partial charge in [0.05, 0.1) is 0 Å². The number of nitrogens with zero attached hydrogens (tertiary/aromatic N) is 1. The van der Waals surface area contributed by atoms with Crippen molar-refractivity contribution in [2.45, 2.75) is 59.7 Å². The van der Waals surface area contributed by atoms with E-state index >= 15 is 0 Å². The maximum absolute atomic E-state index is 12.8. The number of carbonyl (C=O) groups excluding carboxylic acids is 2. The van der Waals surface area contributed by atoms with Crippen LogP contribution in [0.2, 0.25) is 0 Å². The standard InChI is InChI=1S/C15H28FN3O4/c1-10(17-8)11(18-9-16)19(12(20)22-14(2,3)4)13(21)23-15(5,6)7/h17-18H,9H2,1-8H3/b11-10-. The van der Waals surface area contributed by atoms with E-state index in [2.05, 4.69) is 10.6 Å². The second-order valence-electron chi connectivity index (χ2n) is 6.83. The molecule has 0 radical (unpaired) electrons. The maximum atomic E-state index is 12.8. The molecular formula is C15H28FN3O4. The predicted octanol–water partition coefficient (Wildman–Crippen LogP) is 3.08. The SMILES string of the molecule is CN/C(C)=C(/NCF)N(C(=O)OC(C)(C)C)C(=O)OC(C)(C)C. The number of nitrogens with one attached hydrogen (secondary N) is 2. The molecule has 7 nitrogen and oxygen atoms in total. The van der Waals surface area contributed by atoms with Crippen LogP contribution in [0.3, 0.4) is 0 Å². The van der Waals surface area contributed by atoms with Crippen LogP contribution in [0.25, 0.3) is 0 Å². The summed E-state index contributed by atoms with van der Waals surface area (Å²) in [5, 5.41) is 5.10. The molecule has 0 aromatic carbocycles. The van der Waals surface area contributed by atoms with Crippen LogP contribution in [-0.2, 0) is 9.47 Å². The molecule has 0 bridgehead atoms. The minimum atomic E-state index is -0.976. The first kappa shape index (κ1) is 21.0. The van der Waals surface area contributed by atoms with Crippen LogP contribution >= 0.6 is 0 Å². The summed E-state index contributed by atoms with van der Waals surface area (Å²) in [7, 11) is 1.58. The summed E-state index contributed by atoms with van der Waals surface area (Å²) in [5.41, 5.74) is -1.28. The van der Waals surface area contributed by atoms with Crippen LogP contribution in [0, 0.1) is 0 Å². The van der Waals surface area contributed by atoms with E-state index < -0.39 is 30.2 Å². The molecule has 0 aromatic rings. The van der Waals surface area contributed by atoms with Gasteiger partial charge in [0.2, 0.25) is 0 Å². The van der Waals surface area contributed by atoms with E-state index in [9.17, 15) is 14.0 Å². The summed E-state index contributed by atoms with van der Waals surface area (Å²) in [5.74, 6) is -0.0708.